The lowest BCUT2D eigenvalue weighted by Crippen LogP contribution is -2.39. The summed E-state index contributed by atoms with van der Waals surface area (Å²) in [6.45, 7) is 5.02. The lowest BCUT2D eigenvalue weighted by atomic mass is 10.1. The molecule has 0 aromatic carbocycles. The molecule has 1 aromatic heterocycles. The molecule has 0 bridgehead atoms. The maximum Gasteiger partial charge on any atom is 0.272 e. The Bertz CT molecular complexity index is 482. The van der Waals surface area contributed by atoms with Crippen LogP contribution in [0, 0.1) is 5.92 Å². The third kappa shape index (κ3) is 2.16. The molecule has 2 unspecified atom stereocenters. The summed E-state index contributed by atoms with van der Waals surface area (Å²) in [6.07, 6.45) is 3.13. The van der Waals surface area contributed by atoms with Crippen molar-refractivity contribution in [3.05, 3.63) is 17.5 Å². The zero-order chi connectivity index (χ0) is 13.4. The molecule has 3 rings (SSSR count). The number of fused-ring (bicyclic) bond motifs is 1. The maximum atomic E-state index is 12.7. The number of carbonyl (C=O) groups is 1. The van der Waals surface area contributed by atoms with Gasteiger partial charge in [-0.25, -0.2) is 0 Å². The highest BCUT2D eigenvalue weighted by Gasteiger charge is 2.40. The van der Waals surface area contributed by atoms with E-state index in [1.54, 1.807) is 4.68 Å². The Morgan fingerprint density at radius 2 is 2.37 bits per heavy atom. The largest absolute Gasteiger partial charge is 0.333 e. The molecule has 2 saturated heterocycles. The van der Waals surface area contributed by atoms with Gasteiger partial charge in [0.2, 0.25) is 0 Å². The van der Waals surface area contributed by atoms with E-state index < -0.39 is 0 Å². The fourth-order valence-electron chi connectivity index (χ4n) is 3.35. The van der Waals surface area contributed by atoms with Crippen molar-refractivity contribution in [1.29, 1.82) is 0 Å². The van der Waals surface area contributed by atoms with E-state index in [1.807, 2.05) is 18.0 Å². The second-order valence-corrected chi connectivity index (χ2v) is 5.67. The first-order valence-corrected chi connectivity index (χ1v) is 7.25. The van der Waals surface area contributed by atoms with E-state index in [4.69, 9.17) is 0 Å². The number of nitrogens with one attached hydrogen (secondary N) is 1. The van der Waals surface area contributed by atoms with Crippen LogP contribution in [0.4, 0.5) is 0 Å². The van der Waals surface area contributed by atoms with Crippen LogP contribution in [0.5, 0.6) is 0 Å². The van der Waals surface area contributed by atoms with Gasteiger partial charge in [-0.05, 0) is 24.8 Å². The summed E-state index contributed by atoms with van der Waals surface area (Å²) in [5, 5.41) is 7.82. The third-order valence-corrected chi connectivity index (χ3v) is 4.36. The monoisotopic (exact) mass is 262 g/mol. The molecule has 0 spiro atoms. The number of amides is 1. The Balaban J connectivity index is 1.80. The van der Waals surface area contributed by atoms with Crippen LogP contribution in [0.1, 0.15) is 35.9 Å². The van der Waals surface area contributed by atoms with Crippen molar-refractivity contribution in [1.82, 2.24) is 20.0 Å². The minimum absolute atomic E-state index is 0.147. The van der Waals surface area contributed by atoms with Gasteiger partial charge in [0.15, 0.2) is 0 Å². The van der Waals surface area contributed by atoms with Crippen molar-refractivity contribution in [2.75, 3.05) is 19.6 Å². The van der Waals surface area contributed by atoms with Crippen molar-refractivity contribution in [2.45, 2.75) is 32.2 Å². The first kappa shape index (κ1) is 12.7. The fourth-order valence-corrected chi connectivity index (χ4v) is 3.35. The van der Waals surface area contributed by atoms with Gasteiger partial charge in [-0.1, -0.05) is 13.3 Å². The predicted octanol–water partition coefficient (Wildman–Crippen LogP) is 0.806. The van der Waals surface area contributed by atoms with Gasteiger partial charge in [0.25, 0.3) is 5.91 Å². The molecule has 2 aliphatic heterocycles. The predicted molar refractivity (Wildman–Crippen MR) is 73.0 cm³/mol. The highest BCUT2D eigenvalue weighted by Crippen LogP contribution is 2.28. The minimum Gasteiger partial charge on any atom is -0.333 e. The van der Waals surface area contributed by atoms with Crippen molar-refractivity contribution in [3.8, 4) is 0 Å². The number of carbonyl (C=O) groups excluding carboxylic acids is 1. The summed E-state index contributed by atoms with van der Waals surface area (Å²) < 4.78 is 1.74. The van der Waals surface area contributed by atoms with E-state index in [2.05, 4.69) is 17.3 Å². The van der Waals surface area contributed by atoms with Crippen LogP contribution >= 0.6 is 0 Å². The number of aromatic nitrogens is 2. The van der Waals surface area contributed by atoms with Crippen molar-refractivity contribution in [2.24, 2.45) is 13.0 Å². The van der Waals surface area contributed by atoms with Crippen LogP contribution < -0.4 is 5.32 Å². The molecule has 2 fully saturated rings. The average Bonchev–Trinajstić information content (AvgIpc) is 3.03. The molecule has 1 aromatic rings. The van der Waals surface area contributed by atoms with Gasteiger partial charge in [-0.3, -0.25) is 9.48 Å². The summed E-state index contributed by atoms with van der Waals surface area (Å²) >= 11 is 0. The molecule has 1 amide bonds. The Hall–Kier alpha value is -1.36. The summed E-state index contributed by atoms with van der Waals surface area (Å²) in [6, 6.07) is 2.35. The van der Waals surface area contributed by atoms with Crippen LogP contribution in [-0.2, 0) is 13.5 Å². The van der Waals surface area contributed by atoms with Gasteiger partial charge < -0.3 is 10.2 Å². The molecule has 104 valence electrons. The van der Waals surface area contributed by atoms with Crippen molar-refractivity contribution >= 4 is 5.91 Å². The molecule has 5 heteroatoms. The SMILES string of the molecule is CCCc1cc(C(=O)N2CCC3CNCC32)n(C)n1. The molecule has 0 aliphatic carbocycles. The molecular formula is C14H22N4O. The summed E-state index contributed by atoms with van der Waals surface area (Å²) in [4.78, 5) is 14.7. The molecule has 1 N–H and O–H groups in total. The summed E-state index contributed by atoms with van der Waals surface area (Å²) in [5.74, 6) is 0.792. The van der Waals surface area contributed by atoms with Gasteiger partial charge in [-0.15, -0.1) is 0 Å². The second-order valence-electron chi connectivity index (χ2n) is 5.67. The Morgan fingerprint density at radius 3 is 3.16 bits per heavy atom. The highest BCUT2D eigenvalue weighted by atomic mass is 16.2. The van der Waals surface area contributed by atoms with E-state index in [-0.39, 0.29) is 5.91 Å². The van der Waals surface area contributed by atoms with Crippen LogP contribution in [0.3, 0.4) is 0 Å². The second kappa shape index (κ2) is 4.96. The summed E-state index contributed by atoms with van der Waals surface area (Å²) in [5.41, 5.74) is 1.75. The topological polar surface area (TPSA) is 50.2 Å². The fraction of sp³-hybridized carbons (Fsp3) is 0.714. The molecule has 19 heavy (non-hydrogen) atoms. The molecule has 2 atom stereocenters. The standard InChI is InChI=1S/C14H22N4O/c1-3-4-11-7-12(17(2)16-11)14(19)18-6-5-10-8-15-9-13(10)18/h7,10,13,15H,3-6,8-9H2,1-2H3. The summed E-state index contributed by atoms with van der Waals surface area (Å²) in [7, 11) is 1.87. The van der Waals surface area contributed by atoms with E-state index in [0.717, 1.165) is 50.3 Å². The number of rotatable bonds is 3. The normalized spacial score (nSPS) is 25.9. The van der Waals surface area contributed by atoms with E-state index >= 15 is 0 Å². The number of hydrogen-bond donors (Lipinski definition) is 1. The van der Waals surface area contributed by atoms with E-state index in [1.165, 1.54) is 0 Å². The molecule has 0 radical (unpaired) electrons. The minimum atomic E-state index is 0.147. The number of likely N-dealkylation sites (tertiary alicyclic amines) is 1. The first-order chi connectivity index (χ1) is 9.20. The quantitative estimate of drug-likeness (QED) is 0.877. The Labute approximate surface area is 114 Å². The molecule has 0 saturated carbocycles. The third-order valence-electron chi connectivity index (χ3n) is 4.36. The first-order valence-electron chi connectivity index (χ1n) is 7.25. The van der Waals surface area contributed by atoms with Gasteiger partial charge in [0.1, 0.15) is 5.69 Å². The van der Waals surface area contributed by atoms with Crippen LogP contribution in [-0.4, -0.2) is 46.3 Å². The molecule has 3 heterocycles. The Morgan fingerprint density at radius 1 is 1.53 bits per heavy atom. The van der Waals surface area contributed by atoms with Crippen molar-refractivity contribution in [3.63, 3.8) is 0 Å². The van der Waals surface area contributed by atoms with Gasteiger partial charge >= 0.3 is 0 Å². The molecule has 5 nitrogen and oxygen atoms in total. The zero-order valence-corrected chi connectivity index (χ0v) is 11.7. The van der Waals surface area contributed by atoms with Gasteiger partial charge in [0.05, 0.1) is 5.69 Å². The van der Waals surface area contributed by atoms with Crippen LogP contribution in [0.2, 0.25) is 0 Å². The maximum absolute atomic E-state index is 12.7. The average molecular weight is 262 g/mol. The van der Waals surface area contributed by atoms with Gasteiger partial charge in [-0.2, -0.15) is 5.10 Å². The van der Waals surface area contributed by atoms with Crippen LogP contribution in [0.25, 0.3) is 0 Å². The number of aryl methyl sites for hydroxylation is 2. The van der Waals surface area contributed by atoms with Crippen LogP contribution in [0.15, 0.2) is 6.07 Å². The smallest absolute Gasteiger partial charge is 0.272 e. The van der Waals surface area contributed by atoms with Gasteiger partial charge in [0, 0.05) is 32.7 Å². The highest BCUT2D eigenvalue weighted by molar-refractivity contribution is 5.93. The molecular weight excluding hydrogens is 240 g/mol. The van der Waals surface area contributed by atoms with Crippen molar-refractivity contribution < 1.29 is 4.79 Å². The Kier molecular flexibility index (Phi) is 3.31. The molecule has 2 aliphatic rings. The number of hydrogen-bond acceptors (Lipinski definition) is 3. The zero-order valence-electron chi connectivity index (χ0n) is 11.7. The van der Waals surface area contributed by atoms with E-state index in [9.17, 15) is 4.79 Å². The van der Waals surface area contributed by atoms with E-state index in [0.29, 0.717) is 12.0 Å². The lowest BCUT2D eigenvalue weighted by Gasteiger charge is -2.23. The number of nitrogens with zero attached hydrogens (tertiary/aromatic N) is 3. The lowest BCUT2D eigenvalue weighted by molar-refractivity contribution is 0.0726.